The molecule has 0 amide bonds. The molecule has 0 radical (unpaired) electrons. The molecule has 0 spiro atoms. The Bertz CT molecular complexity index is 475. The van der Waals surface area contributed by atoms with Gasteiger partial charge in [0.05, 0.1) is 6.04 Å². The molecule has 1 N–H and O–H groups in total. The topological polar surface area (TPSA) is 24.4 Å². The first-order valence-electron chi connectivity index (χ1n) is 5.80. The summed E-state index contributed by atoms with van der Waals surface area (Å²) in [5.74, 6) is 0.446. The van der Waals surface area contributed by atoms with Crippen molar-refractivity contribution in [3.05, 3.63) is 46.7 Å². The summed E-state index contributed by atoms with van der Waals surface area (Å²) in [6.45, 7) is 5.29. The third-order valence-electron chi connectivity index (χ3n) is 3.63. The molecule has 82 valence electrons. The van der Waals surface area contributed by atoms with Crippen molar-refractivity contribution in [2.24, 2.45) is 10.9 Å². The summed E-state index contributed by atoms with van der Waals surface area (Å²) in [6, 6.07) is 0.272. The van der Waals surface area contributed by atoms with Crippen molar-refractivity contribution in [1.82, 2.24) is 5.32 Å². The summed E-state index contributed by atoms with van der Waals surface area (Å²) in [5.41, 5.74) is 5.40. The zero-order valence-corrected chi connectivity index (χ0v) is 9.70. The fraction of sp³-hybridized carbons (Fsp3) is 0.357. The van der Waals surface area contributed by atoms with Crippen LogP contribution in [0.3, 0.4) is 0 Å². The van der Waals surface area contributed by atoms with Crippen molar-refractivity contribution in [2.75, 3.05) is 6.54 Å². The van der Waals surface area contributed by atoms with E-state index < -0.39 is 0 Å². The summed E-state index contributed by atoms with van der Waals surface area (Å²) < 4.78 is 0. The fourth-order valence-corrected chi connectivity index (χ4v) is 2.63. The second-order valence-electron chi connectivity index (χ2n) is 4.63. The molecule has 2 atom stereocenters. The summed E-state index contributed by atoms with van der Waals surface area (Å²) in [6.07, 6.45) is 10.8. The monoisotopic (exact) mass is 212 g/mol. The van der Waals surface area contributed by atoms with E-state index in [2.05, 4.69) is 48.5 Å². The van der Waals surface area contributed by atoms with Gasteiger partial charge in [-0.3, -0.25) is 4.99 Å². The number of allylic oxidation sites excluding steroid dienone is 4. The molecule has 16 heavy (non-hydrogen) atoms. The van der Waals surface area contributed by atoms with Crippen LogP contribution >= 0.6 is 0 Å². The van der Waals surface area contributed by atoms with E-state index in [4.69, 9.17) is 0 Å². The summed E-state index contributed by atoms with van der Waals surface area (Å²) >= 11 is 0. The molecule has 0 fully saturated rings. The minimum absolute atomic E-state index is 0.272. The highest BCUT2D eigenvalue weighted by Crippen LogP contribution is 2.35. The SMILES string of the molecule is CC1=CCNC2=C1C=CC1C(C)=CC=NC21. The fourth-order valence-electron chi connectivity index (χ4n) is 2.63. The molecule has 1 aliphatic carbocycles. The Morgan fingerprint density at radius 2 is 2.25 bits per heavy atom. The van der Waals surface area contributed by atoms with Crippen LogP contribution < -0.4 is 5.32 Å². The smallest absolute Gasteiger partial charge is 0.0999 e. The minimum atomic E-state index is 0.272. The number of aliphatic imine (C=N–C) groups is 1. The van der Waals surface area contributed by atoms with Crippen molar-refractivity contribution >= 4 is 6.21 Å². The Hall–Kier alpha value is -1.57. The van der Waals surface area contributed by atoms with Crippen LogP contribution in [-0.4, -0.2) is 18.8 Å². The second-order valence-corrected chi connectivity index (χ2v) is 4.63. The molecule has 2 heterocycles. The Labute approximate surface area is 96.2 Å². The van der Waals surface area contributed by atoms with Gasteiger partial charge in [-0.2, -0.15) is 0 Å². The average Bonchev–Trinajstić information content (AvgIpc) is 2.30. The van der Waals surface area contributed by atoms with Gasteiger partial charge in [0.25, 0.3) is 0 Å². The lowest BCUT2D eigenvalue weighted by molar-refractivity contribution is 0.571. The minimum Gasteiger partial charge on any atom is -0.383 e. The molecule has 2 heteroatoms. The number of dihydropyridines is 2. The Morgan fingerprint density at radius 1 is 1.38 bits per heavy atom. The molecule has 0 aromatic carbocycles. The van der Waals surface area contributed by atoms with E-state index in [1.54, 1.807) is 0 Å². The zero-order valence-electron chi connectivity index (χ0n) is 9.70. The van der Waals surface area contributed by atoms with Crippen molar-refractivity contribution in [2.45, 2.75) is 19.9 Å². The summed E-state index contributed by atoms with van der Waals surface area (Å²) in [5, 5.41) is 3.48. The van der Waals surface area contributed by atoms with Crippen LogP contribution in [0.15, 0.2) is 51.7 Å². The van der Waals surface area contributed by atoms with Gasteiger partial charge in [-0.1, -0.05) is 23.8 Å². The number of nitrogens with one attached hydrogen (secondary N) is 1. The maximum atomic E-state index is 4.62. The molecule has 2 nitrogen and oxygen atoms in total. The number of hydrogen-bond donors (Lipinski definition) is 1. The third-order valence-corrected chi connectivity index (χ3v) is 3.63. The zero-order chi connectivity index (χ0) is 11.1. The first-order chi connectivity index (χ1) is 7.77. The lowest BCUT2D eigenvalue weighted by Crippen LogP contribution is -2.36. The van der Waals surface area contributed by atoms with Crippen LogP contribution in [0.5, 0.6) is 0 Å². The highest BCUT2D eigenvalue weighted by molar-refractivity contribution is 5.75. The van der Waals surface area contributed by atoms with E-state index in [0.29, 0.717) is 5.92 Å². The Morgan fingerprint density at radius 3 is 3.12 bits per heavy atom. The van der Waals surface area contributed by atoms with Crippen molar-refractivity contribution in [3.8, 4) is 0 Å². The molecular formula is C14H16N2. The van der Waals surface area contributed by atoms with Gasteiger partial charge < -0.3 is 5.32 Å². The second kappa shape index (κ2) is 3.48. The van der Waals surface area contributed by atoms with Gasteiger partial charge in [-0.05, 0) is 31.1 Å². The molecule has 0 aromatic rings. The largest absolute Gasteiger partial charge is 0.383 e. The van der Waals surface area contributed by atoms with E-state index in [1.807, 2.05) is 6.21 Å². The van der Waals surface area contributed by atoms with E-state index in [1.165, 1.54) is 22.4 Å². The van der Waals surface area contributed by atoms with E-state index in [-0.39, 0.29) is 6.04 Å². The van der Waals surface area contributed by atoms with Gasteiger partial charge in [-0.15, -0.1) is 0 Å². The molecule has 0 saturated carbocycles. The van der Waals surface area contributed by atoms with Crippen LogP contribution in [0.25, 0.3) is 0 Å². The standard InChI is InChI=1S/C14H16N2/c1-9-5-7-15-13-11(9)3-4-12-10(2)6-8-16-14(12)13/h3-7,11,13,16H,8H2,1-2H3. The van der Waals surface area contributed by atoms with E-state index in [9.17, 15) is 0 Å². The molecule has 3 rings (SSSR count). The predicted molar refractivity (Wildman–Crippen MR) is 67.5 cm³/mol. The number of rotatable bonds is 0. The van der Waals surface area contributed by atoms with Crippen molar-refractivity contribution < 1.29 is 0 Å². The first-order valence-corrected chi connectivity index (χ1v) is 5.80. The van der Waals surface area contributed by atoms with Crippen LogP contribution in [0, 0.1) is 5.92 Å². The van der Waals surface area contributed by atoms with Crippen LogP contribution in [0.2, 0.25) is 0 Å². The van der Waals surface area contributed by atoms with E-state index >= 15 is 0 Å². The summed E-state index contributed by atoms with van der Waals surface area (Å²) in [7, 11) is 0. The molecule has 0 aromatic heterocycles. The van der Waals surface area contributed by atoms with Gasteiger partial charge in [0.1, 0.15) is 0 Å². The quantitative estimate of drug-likeness (QED) is 0.655. The Balaban J connectivity index is 2.06. The maximum Gasteiger partial charge on any atom is 0.0999 e. The maximum absolute atomic E-state index is 4.62. The highest BCUT2D eigenvalue weighted by Gasteiger charge is 2.31. The molecule has 3 aliphatic rings. The third kappa shape index (κ3) is 1.29. The number of hydrogen-bond acceptors (Lipinski definition) is 2. The molecule has 0 bridgehead atoms. The average molecular weight is 212 g/mol. The predicted octanol–water partition coefficient (Wildman–Crippen LogP) is 2.38. The molecule has 0 saturated heterocycles. The van der Waals surface area contributed by atoms with Crippen LogP contribution in [0.4, 0.5) is 0 Å². The van der Waals surface area contributed by atoms with Crippen LogP contribution in [-0.2, 0) is 0 Å². The van der Waals surface area contributed by atoms with Gasteiger partial charge in [-0.25, -0.2) is 0 Å². The van der Waals surface area contributed by atoms with Gasteiger partial charge in [0, 0.05) is 24.4 Å². The molecular weight excluding hydrogens is 196 g/mol. The van der Waals surface area contributed by atoms with E-state index in [0.717, 1.165) is 6.54 Å². The van der Waals surface area contributed by atoms with Gasteiger partial charge >= 0.3 is 0 Å². The Kier molecular flexibility index (Phi) is 2.10. The number of nitrogens with zero attached hydrogens (tertiary/aromatic N) is 1. The first kappa shape index (κ1) is 9.64. The molecule has 2 aliphatic heterocycles. The van der Waals surface area contributed by atoms with Crippen molar-refractivity contribution in [1.29, 1.82) is 0 Å². The summed E-state index contributed by atoms with van der Waals surface area (Å²) in [4.78, 5) is 4.62. The lowest BCUT2D eigenvalue weighted by Gasteiger charge is -2.34. The van der Waals surface area contributed by atoms with Crippen molar-refractivity contribution in [3.63, 3.8) is 0 Å². The number of fused-ring (bicyclic) bond motifs is 2. The molecule has 2 unspecified atom stereocenters. The van der Waals surface area contributed by atoms with Crippen LogP contribution in [0.1, 0.15) is 13.8 Å². The lowest BCUT2D eigenvalue weighted by atomic mass is 9.80. The normalized spacial score (nSPS) is 31.4. The van der Waals surface area contributed by atoms with Gasteiger partial charge in [0.15, 0.2) is 0 Å². The highest BCUT2D eigenvalue weighted by atomic mass is 15.0. The van der Waals surface area contributed by atoms with Gasteiger partial charge in [0.2, 0.25) is 0 Å².